The van der Waals surface area contributed by atoms with Crippen molar-refractivity contribution in [1.82, 2.24) is 49.8 Å². The second-order valence-electron chi connectivity index (χ2n) is 39.8. The van der Waals surface area contributed by atoms with Crippen molar-refractivity contribution < 1.29 is 58.6 Å². The fourth-order valence-electron chi connectivity index (χ4n) is 18.8. The number of ether oxygens (including phenoxy) is 4. The van der Waals surface area contributed by atoms with Gasteiger partial charge in [-0.3, -0.25) is 19.2 Å². The summed E-state index contributed by atoms with van der Waals surface area (Å²) in [6.45, 7) is 31.0. The van der Waals surface area contributed by atoms with Crippen LogP contribution in [0.15, 0.2) is 110 Å². The third kappa shape index (κ3) is 23.6. The van der Waals surface area contributed by atoms with Crippen LogP contribution in [0.5, 0.6) is 0 Å². The number of amides is 4. The molecule has 4 aliphatic carbocycles. The first-order valence-corrected chi connectivity index (χ1v) is 45.4. The Hall–Kier alpha value is -11.7. The summed E-state index contributed by atoms with van der Waals surface area (Å²) in [5.74, 6) is 8.89. The lowest BCUT2D eigenvalue weighted by Gasteiger charge is -2.40. The van der Waals surface area contributed by atoms with Crippen LogP contribution in [0.4, 0.5) is 22.7 Å². The molecular weight excluding hydrogens is 1640 g/mol. The normalized spacial score (nSPS) is 25.2. The number of benzene rings is 2. The van der Waals surface area contributed by atoms with Crippen LogP contribution in [-0.4, -0.2) is 144 Å². The van der Waals surface area contributed by atoms with E-state index in [0.29, 0.717) is 133 Å². The van der Waals surface area contributed by atoms with Crippen molar-refractivity contribution >= 4 is 68.7 Å². The number of aliphatic hydroxyl groups is 4. The van der Waals surface area contributed by atoms with Crippen LogP contribution in [0.1, 0.15) is 336 Å². The number of anilines is 4. The molecule has 4 amide bonds. The number of terminal acetylenes is 4. The second-order valence-corrected chi connectivity index (χ2v) is 39.8. The van der Waals surface area contributed by atoms with Gasteiger partial charge in [0, 0.05) is 87.1 Å². The van der Waals surface area contributed by atoms with Gasteiger partial charge < -0.3 is 80.6 Å². The summed E-state index contributed by atoms with van der Waals surface area (Å²) in [5, 5.41) is 57.6. The van der Waals surface area contributed by atoms with Crippen LogP contribution in [0, 0.1) is 71.0 Å². The van der Waals surface area contributed by atoms with Gasteiger partial charge in [-0.15, -0.1) is 25.7 Å². The van der Waals surface area contributed by atoms with Gasteiger partial charge in [0.25, 0.3) is 23.6 Å². The molecule has 6 aromatic heterocycles. The number of carbonyl (C=O) groups excluding carboxylic acids is 4. The number of carbonyl (C=O) groups is 4. The van der Waals surface area contributed by atoms with Gasteiger partial charge in [-0.05, 0) is 222 Å². The van der Waals surface area contributed by atoms with Crippen molar-refractivity contribution in [2.75, 3.05) is 34.5 Å². The van der Waals surface area contributed by atoms with Gasteiger partial charge in [-0.2, -0.15) is 0 Å². The maximum atomic E-state index is 12.9. The van der Waals surface area contributed by atoms with E-state index in [1.54, 1.807) is 12.1 Å². The Morgan fingerprint density at radius 1 is 0.369 bits per heavy atom. The lowest BCUT2D eigenvalue weighted by Crippen LogP contribution is -2.42. The minimum atomic E-state index is -1.08. The Morgan fingerprint density at radius 3 is 0.915 bits per heavy atom. The Kier molecular flexibility index (Phi) is 29.2. The lowest BCUT2D eigenvalue weighted by atomic mass is 9.75. The molecule has 26 heteroatoms. The molecule has 0 radical (unpaired) electrons. The maximum absolute atomic E-state index is 12.9. The molecule has 684 valence electrons. The van der Waals surface area contributed by atoms with E-state index in [-0.39, 0.29) is 99.3 Å². The summed E-state index contributed by atoms with van der Waals surface area (Å²) in [4.78, 5) is 88.7. The van der Waals surface area contributed by atoms with Crippen molar-refractivity contribution in [3.63, 3.8) is 0 Å². The summed E-state index contributed by atoms with van der Waals surface area (Å²) >= 11 is 0. The number of pyridine rings is 2. The van der Waals surface area contributed by atoms with E-state index in [9.17, 15) is 39.6 Å². The van der Waals surface area contributed by atoms with E-state index in [2.05, 4.69) is 165 Å². The predicted octanol–water partition coefficient (Wildman–Crippen LogP) is 18.1. The molecule has 12 N–H and O–H groups in total. The monoisotopic (exact) mass is 1760 g/mol. The Labute approximate surface area is 763 Å². The van der Waals surface area contributed by atoms with Gasteiger partial charge in [0.2, 0.25) is 0 Å². The van der Waals surface area contributed by atoms with Crippen LogP contribution in [0.25, 0.3) is 22.3 Å². The van der Waals surface area contributed by atoms with Crippen molar-refractivity contribution in [2.45, 2.75) is 284 Å². The number of nitrogens with zero attached hydrogens (tertiary/aromatic N) is 6. The SMILES string of the molecule is C#Cc1cnc(C(=O)Nc2ccc(C3(O)CCOCC3)nc2C2=CCC(C)(C)CC2)[nH]1.C#Cc1cnc(C(=O)Nc2ccc(C3(O)C[C@@H](C)O[C@@H](C)C3)cc2C2=CCC(C)(C)CC2)[nH]1.C#Cc1cnc(C(=O)Nc2ccc(C3(O)C[C@@H](C)O[C@@H](C)C3)cc2C2=CCC(C)(C)CC2)[nH]1.C#Cc1cnc(C(=O)Nc2ccc(C3(O)C[C@@H](C)O[C@@H](C)C3)nc2C2=CCC(C)(C)CC2)[nH]1. The molecule has 16 rings (SSSR count). The topological polar surface area (TPSA) is 375 Å². The summed E-state index contributed by atoms with van der Waals surface area (Å²) in [6, 6.07) is 18.9. The zero-order chi connectivity index (χ0) is 93.5. The molecule has 8 aromatic rings. The van der Waals surface area contributed by atoms with Gasteiger partial charge in [0.05, 0.1) is 107 Å². The number of nitrogens with one attached hydrogen (secondary N) is 8. The lowest BCUT2D eigenvalue weighted by molar-refractivity contribution is -0.137. The first-order chi connectivity index (χ1) is 61.5. The van der Waals surface area contributed by atoms with E-state index < -0.39 is 28.3 Å². The maximum Gasteiger partial charge on any atom is 0.291 e. The number of hydrogen-bond donors (Lipinski definition) is 12. The first-order valence-electron chi connectivity index (χ1n) is 45.4. The molecule has 2 aromatic carbocycles. The molecule has 4 saturated heterocycles. The largest absolute Gasteiger partial charge is 0.385 e. The van der Waals surface area contributed by atoms with E-state index >= 15 is 0 Å². The highest BCUT2D eigenvalue weighted by Gasteiger charge is 2.44. The van der Waals surface area contributed by atoms with E-state index in [1.165, 1.54) is 35.9 Å². The Morgan fingerprint density at radius 2 is 0.638 bits per heavy atom. The first kappa shape index (κ1) is 95.9. The Bertz CT molecular complexity index is 5380. The predicted molar refractivity (Wildman–Crippen MR) is 505 cm³/mol. The van der Waals surface area contributed by atoms with Crippen molar-refractivity contribution in [2.24, 2.45) is 21.7 Å². The fraction of sp³-hybridized carbons (Fsp3) is 0.481. The molecule has 26 nitrogen and oxygen atoms in total. The van der Waals surface area contributed by atoms with Crippen LogP contribution < -0.4 is 21.3 Å². The molecule has 3 unspecified atom stereocenters. The number of imidazole rings is 4. The number of aromatic amines is 4. The van der Waals surface area contributed by atoms with Crippen LogP contribution in [0.2, 0.25) is 0 Å². The molecule has 0 bridgehead atoms. The highest BCUT2D eigenvalue weighted by Crippen LogP contribution is 2.49. The standard InChI is InChI=1S/2C27H33N3O3.C26H32N4O3.C24H28N4O3/c2*1-6-21-16-28-24(29-21)25(31)30-23-8-7-20(27(32)14-17(2)33-18(3)15-27)13-22(23)19-9-11-26(4,5)12-10-19;1-6-19-15-27-23(28-19)24(31)29-20-7-8-21(26(32)13-16(2)33-17(3)14-26)30-22(20)18-9-11-25(4,5)12-10-18;1-4-17-15-25-21(26-17)22(29)27-18-5-6-19(24(30)11-13-31-14-12-24)28-20(18)16-7-9-23(2,3)10-8-16/h2*1,7-9,13,16-18,32H,10-12,14-15H2,2-5H3,(H,28,29)(H,30,31);1,7-9,15-17,32H,10-14H2,2-5H3,(H,27,28)(H,29,31);1,5-7,15,30H,8-14H2,2-3H3,(H,25,26)(H,27,29)/t2*17-,18+,27?;16-,17+,26?;. The number of allylic oxidation sites excluding steroid dienone is 8. The van der Waals surface area contributed by atoms with Crippen molar-refractivity contribution in [1.29, 1.82) is 0 Å². The van der Waals surface area contributed by atoms with E-state index in [0.717, 1.165) is 110 Å². The van der Waals surface area contributed by atoms with Gasteiger partial charge in [0.1, 0.15) is 34.0 Å². The third-order valence-corrected chi connectivity index (χ3v) is 26.3. The van der Waals surface area contributed by atoms with Gasteiger partial charge in [-0.1, -0.05) is 116 Å². The van der Waals surface area contributed by atoms with Crippen molar-refractivity contribution in [3.8, 4) is 49.4 Å². The summed E-state index contributed by atoms with van der Waals surface area (Å²) in [7, 11) is 0. The highest BCUT2D eigenvalue weighted by atomic mass is 16.5. The molecule has 9 atom stereocenters. The Balaban J connectivity index is 0.000000148. The van der Waals surface area contributed by atoms with Crippen LogP contribution >= 0.6 is 0 Å². The quantitative estimate of drug-likeness (QED) is 0.0400. The van der Waals surface area contributed by atoms with E-state index in [4.69, 9.17) is 54.6 Å². The molecule has 8 aliphatic rings. The van der Waals surface area contributed by atoms with Crippen LogP contribution in [0.3, 0.4) is 0 Å². The molecule has 0 spiro atoms. The molecule has 4 fully saturated rings. The molecule has 130 heavy (non-hydrogen) atoms. The highest BCUT2D eigenvalue weighted by molar-refractivity contribution is 6.06. The summed E-state index contributed by atoms with van der Waals surface area (Å²) < 4.78 is 23.0. The third-order valence-electron chi connectivity index (χ3n) is 26.3. The minimum absolute atomic E-state index is 0.0272. The van der Waals surface area contributed by atoms with E-state index in [1.807, 2.05) is 90.1 Å². The summed E-state index contributed by atoms with van der Waals surface area (Å²) in [5.41, 5.74) is 12.1. The molecular formula is C104H126N14O12. The number of aromatic nitrogens is 10. The minimum Gasteiger partial charge on any atom is -0.385 e. The molecule has 10 heterocycles. The van der Waals surface area contributed by atoms with Crippen molar-refractivity contribution in [3.05, 3.63) is 201 Å². The number of rotatable bonds is 16. The number of H-pyrrole nitrogens is 4. The molecule has 0 saturated carbocycles. The summed E-state index contributed by atoms with van der Waals surface area (Å²) in [6.07, 6.45) is 51.6. The van der Waals surface area contributed by atoms with Crippen LogP contribution in [-0.2, 0) is 41.4 Å². The average molecular weight is 1760 g/mol. The van der Waals surface area contributed by atoms with Gasteiger partial charge in [0.15, 0.2) is 23.3 Å². The van der Waals surface area contributed by atoms with Gasteiger partial charge >= 0.3 is 0 Å². The fourth-order valence-corrected chi connectivity index (χ4v) is 18.8. The average Bonchev–Trinajstić information content (AvgIpc) is 1.16. The zero-order valence-corrected chi connectivity index (χ0v) is 77.5. The zero-order valence-electron chi connectivity index (χ0n) is 77.5. The smallest absolute Gasteiger partial charge is 0.291 e. The second kappa shape index (κ2) is 39.6. The number of hydrogen-bond acceptors (Lipinski definition) is 18. The molecule has 4 aliphatic heterocycles. The van der Waals surface area contributed by atoms with Gasteiger partial charge in [-0.25, -0.2) is 29.9 Å².